The Labute approximate surface area is 39.0 Å². The summed E-state index contributed by atoms with van der Waals surface area (Å²) in [5.41, 5.74) is 0. The molecule has 1 unspecified atom stereocenters. The van der Waals surface area contributed by atoms with Crippen LogP contribution in [0, 0.1) is 0 Å². The van der Waals surface area contributed by atoms with E-state index < -0.39 is 0 Å². The first-order valence-corrected chi connectivity index (χ1v) is 2.11. The zero-order valence-electron chi connectivity index (χ0n) is 3.47. The zero-order chi connectivity index (χ0) is 4.99. The highest BCUT2D eigenvalue weighted by Gasteiger charge is 1.61. The second-order valence-corrected chi connectivity index (χ2v) is 1.02. The van der Waals surface area contributed by atoms with Crippen molar-refractivity contribution in [2.24, 2.45) is 0 Å². The second-order valence-electron chi connectivity index (χ2n) is 0.690. The van der Waals surface area contributed by atoms with Gasteiger partial charge in [0.1, 0.15) is 0 Å². The summed E-state index contributed by atoms with van der Waals surface area (Å²) in [5.74, 6) is 0.958. The monoisotopic (exact) mass is 105 g/mol. The van der Waals surface area contributed by atoms with Gasteiger partial charge in [0.25, 0.3) is 0 Å². The third kappa shape index (κ3) is 2.04. The first kappa shape index (κ1) is 5.77. The number of hydrogen-bond donors (Lipinski definition) is 0. The van der Waals surface area contributed by atoms with Gasteiger partial charge in [0.15, 0.2) is 0 Å². The third-order valence-electron chi connectivity index (χ3n) is 0.337. The van der Waals surface area contributed by atoms with E-state index in [-0.39, 0.29) is 5.95 Å². The van der Waals surface area contributed by atoms with Crippen LogP contribution in [0.3, 0.4) is 0 Å². The van der Waals surface area contributed by atoms with Gasteiger partial charge >= 0.3 is 0 Å². The van der Waals surface area contributed by atoms with Gasteiger partial charge in [-0.25, -0.2) is 0 Å². The number of hydrogen-bond acceptors (Lipinski definition) is 2. The Hall–Kier alpha value is -0.230. The molecular formula is C3H6O2P-. The van der Waals surface area contributed by atoms with E-state index >= 15 is 0 Å². The summed E-state index contributed by atoms with van der Waals surface area (Å²) in [5, 5.41) is 9.88. The number of ether oxygens (including phenoxy) is 1. The van der Waals surface area contributed by atoms with Crippen molar-refractivity contribution in [1.29, 1.82) is 0 Å². The molecule has 0 bridgehead atoms. The lowest BCUT2D eigenvalue weighted by Gasteiger charge is -2.04. The number of methoxy groups -OCH3 is 1. The van der Waals surface area contributed by atoms with Crippen LogP contribution < -0.4 is 5.11 Å². The molecule has 36 valence electrons. The van der Waals surface area contributed by atoms with Gasteiger partial charge in [-0.2, -0.15) is 0 Å². The van der Waals surface area contributed by atoms with Crippen molar-refractivity contribution >= 4 is 9.24 Å². The van der Waals surface area contributed by atoms with E-state index in [1.807, 2.05) is 0 Å². The molecule has 0 heterocycles. The van der Waals surface area contributed by atoms with E-state index in [2.05, 4.69) is 14.0 Å². The Morgan fingerprint density at radius 1 is 2.00 bits per heavy atom. The maximum absolute atomic E-state index is 9.88. The highest BCUT2D eigenvalue weighted by atomic mass is 31.0. The lowest BCUT2D eigenvalue weighted by Crippen LogP contribution is -2.02. The van der Waals surface area contributed by atoms with Crippen LogP contribution in [0.4, 0.5) is 0 Å². The Bertz CT molecular complexity index is 59.8. The normalized spacial score (nSPS) is 11.3. The maximum atomic E-state index is 9.88. The molecule has 0 aliphatic rings. The van der Waals surface area contributed by atoms with E-state index in [9.17, 15) is 5.11 Å². The highest BCUT2D eigenvalue weighted by Crippen LogP contribution is 1.87. The molecule has 0 spiro atoms. The van der Waals surface area contributed by atoms with E-state index in [0.29, 0.717) is 0 Å². The van der Waals surface area contributed by atoms with Gasteiger partial charge in [-0.3, -0.25) is 0 Å². The van der Waals surface area contributed by atoms with Crippen molar-refractivity contribution in [3.8, 4) is 0 Å². The standard InChI is InChI=1S/C3H7O2P/c1-5-3(4)2-6/h2,4H,6H2,1H3/p-1/b3-2+. The molecule has 0 N–H and O–H groups in total. The van der Waals surface area contributed by atoms with Crippen molar-refractivity contribution in [3.05, 3.63) is 11.8 Å². The SMILES string of the molecule is CO/C([O-])=C/P. The zero-order valence-corrected chi connectivity index (χ0v) is 4.63. The minimum atomic E-state index is -0.319. The van der Waals surface area contributed by atoms with E-state index in [4.69, 9.17) is 0 Å². The minimum Gasteiger partial charge on any atom is -0.617 e. The molecule has 0 aliphatic heterocycles. The Kier molecular flexibility index (Phi) is 2.87. The molecule has 0 aromatic carbocycles. The lowest BCUT2D eigenvalue weighted by atomic mass is 11.0. The average molecular weight is 105 g/mol. The molecule has 0 aliphatic carbocycles. The summed E-state index contributed by atoms with van der Waals surface area (Å²) in [4.78, 5) is 0. The average Bonchev–Trinajstić information content (AvgIpc) is 1.65. The summed E-state index contributed by atoms with van der Waals surface area (Å²) in [6.07, 6.45) is 0. The van der Waals surface area contributed by atoms with Crippen molar-refractivity contribution < 1.29 is 9.84 Å². The molecule has 1 atom stereocenters. The van der Waals surface area contributed by atoms with Gasteiger partial charge in [-0.1, -0.05) is 0 Å². The van der Waals surface area contributed by atoms with Crippen LogP contribution in [0.5, 0.6) is 0 Å². The van der Waals surface area contributed by atoms with E-state index in [1.165, 1.54) is 12.9 Å². The lowest BCUT2D eigenvalue weighted by molar-refractivity contribution is -0.352. The summed E-state index contributed by atoms with van der Waals surface area (Å²) in [7, 11) is 3.48. The van der Waals surface area contributed by atoms with E-state index in [0.717, 1.165) is 0 Å². The summed E-state index contributed by atoms with van der Waals surface area (Å²) in [6, 6.07) is 0. The van der Waals surface area contributed by atoms with Gasteiger partial charge in [-0.05, 0) is 12.9 Å². The van der Waals surface area contributed by atoms with Crippen LogP contribution in [0.2, 0.25) is 0 Å². The van der Waals surface area contributed by atoms with Crippen LogP contribution in [0.15, 0.2) is 11.8 Å². The van der Waals surface area contributed by atoms with Crippen molar-refractivity contribution in [2.75, 3.05) is 7.11 Å². The second kappa shape index (κ2) is 2.98. The van der Waals surface area contributed by atoms with Crippen LogP contribution in [-0.2, 0) is 4.74 Å². The fraction of sp³-hybridized carbons (Fsp3) is 0.333. The smallest absolute Gasteiger partial charge is 0.0509 e. The molecule has 0 radical (unpaired) electrons. The molecule has 2 nitrogen and oxygen atoms in total. The van der Waals surface area contributed by atoms with Gasteiger partial charge in [0.2, 0.25) is 0 Å². The Balaban J connectivity index is 3.22. The number of rotatable bonds is 1. The van der Waals surface area contributed by atoms with Crippen molar-refractivity contribution in [3.63, 3.8) is 0 Å². The molecular weight excluding hydrogens is 99.0 g/mol. The Morgan fingerprint density at radius 2 is 2.50 bits per heavy atom. The summed E-state index contributed by atoms with van der Waals surface area (Å²) >= 11 is 0. The van der Waals surface area contributed by atoms with Crippen molar-refractivity contribution in [2.45, 2.75) is 0 Å². The van der Waals surface area contributed by atoms with Crippen LogP contribution in [0.1, 0.15) is 0 Å². The molecule has 3 heteroatoms. The fourth-order valence-corrected chi connectivity index (χ4v) is 0.204. The molecule has 0 aromatic heterocycles. The molecule has 6 heavy (non-hydrogen) atoms. The third-order valence-corrected chi connectivity index (χ3v) is 0.609. The molecule has 0 saturated carbocycles. The maximum Gasteiger partial charge on any atom is 0.0509 e. The predicted octanol–water partition coefficient (Wildman–Crippen LogP) is -0.333. The van der Waals surface area contributed by atoms with E-state index in [1.54, 1.807) is 0 Å². The van der Waals surface area contributed by atoms with Crippen molar-refractivity contribution in [1.82, 2.24) is 0 Å². The predicted molar refractivity (Wildman–Crippen MR) is 24.8 cm³/mol. The largest absolute Gasteiger partial charge is 0.617 e. The summed E-state index contributed by atoms with van der Waals surface area (Å²) < 4.78 is 4.18. The Morgan fingerprint density at radius 3 is 2.50 bits per heavy atom. The van der Waals surface area contributed by atoms with Gasteiger partial charge in [-0.15, -0.1) is 9.24 Å². The molecule has 0 saturated heterocycles. The van der Waals surface area contributed by atoms with Gasteiger partial charge in [0.05, 0.1) is 5.95 Å². The highest BCUT2D eigenvalue weighted by molar-refractivity contribution is 7.20. The van der Waals surface area contributed by atoms with Crippen LogP contribution in [0.25, 0.3) is 0 Å². The first-order chi connectivity index (χ1) is 2.81. The fourth-order valence-electron chi connectivity index (χ4n) is 0.0680. The van der Waals surface area contributed by atoms with Gasteiger partial charge < -0.3 is 9.84 Å². The molecule has 0 fully saturated rings. The molecule has 0 aromatic rings. The quantitative estimate of drug-likeness (QED) is 0.337. The van der Waals surface area contributed by atoms with Crippen LogP contribution in [-0.4, -0.2) is 7.11 Å². The molecule has 0 amide bonds. The summed E-state index contributed by atoms with van der Waals surface area (Å²) in [6.45, 7) is 0. The van der Waals surface area contributed by atoms with Gasteiger partial charge in [0, 0.05) is 0 Å². The van der Waals surface area contributed by atoms with Crippen LogP contribution >= 0.6 is 9.24 Å². The minimum absolute atomic E-state index is 0.319. The first-order valence-electron chi connectivity index (χ1n) is 1.44. The molecule has 0 rings (SSSR count). The topological polar surface area (TPSA) is 32.3 Å².